The predicted octanol–water partition coefficient (Wildman–Crippen LogP) is -3.26. The van der Waals surface area contributed by atoms with E-state index >= 15 is 0 Å². The molecule has 0 heterocycles. The first-order valence-corrected chi connectivity index (χ1v) is 9.31. The van der Waals surface area contributed by atoms with Crippen LogP contribution in [-0.4, -0.2) is 30.6 Å². The van der Waals surface area contributed by atoms with Gasteiger partial charge in [-0.1, -0.05) is 0 Å². The van der Waals surface area contributed by atoms with E-state index in [-0.39, 0.29) is 34.4 Å². The molecule has 13 heteroatoms. The molecule has 0 amide bonds. The molecule has 0 aliphatic rings. The molecule has 0 fully saturated rings. The zero-order chi connectivity index (χ0) is 19.9. The molecule has 12 nitrogen and oxygen atoms in total. The van der Waals surface area contributed by atoms with Gasteiger partial charge in [0, 0.05) is 12.1 Å². The molecule has 2 aromatic carbocycles. The van der Waals surface area contributed by atoms with Crippen LogP contribution in [0.1, 0.15) is 0 Å². The number of aromatic hydroxyl groups is 6. The molecular formula is C12H16MoN2O10. The van der Waals surface area contributed by atoms with Crippen molar-refractivity contribution in [3.8, 4) is 34.5 Å². The molecule has 0 saturated carbocycles. The number of quaternary nitrogens is 2. The van der Waals surface area contributed by atoms with Crippen molar-refractivity contribution >= 4 is 11.4 Å². The third-order valence-electron chi connectivity index (χ3n) is 2.43. The number of rotatable bonds is 0. The van der Waals surface area contributed by atoms with Gasteiger partial charge >= 0.3 is 31.1 Å². The third kappa shape index (κ3) is 8.15. The molecule has 25 heavy (non-hydrogen) atoms. The van der Waals surface area contributed by atoms with Gasteiger partial charge in [0.05, 0.1) is 0 Å². The van der Waals surface area contributed by atoms with Gasteiger partial charge in [-0.15, -0.1) is 0 Å². The van der Waals surface area contributed by atoms with Crippen molar-refractivity contribution in [1.82, 2.24) is 0 Å². The maximum atomic E-state index is 8.91. The van der Waals surface area contributed by atoms with Crippen molar-refractivity contribution < 1.29 is 73.2 Å². The molecule has 0 bridgehead atoms. The molecule has 0 aliphatic carbocycles. The summed E-state index contributed by atoms with van der Waals surface area (Å²) < 4.78 is 34.5. The fourth-order valence-corrected chi connectivity index (χ4v) is 1.22. The number of benzene rings is 2. The van der Waals surface area contributed by atoms with Gasteiger partial charge < -0.3 is 42.1 Å². The Morgan fingerprint density at radius 3 is 1.08 bits per heavy atom. The molecule has 0 unspecified atom stereocenters. The van der Waals surface area contributed by atoms with Crippen molar-refractivity contribution in [3.05, 3.63) is 24.3 Å². The van der Waals surface area contributed by atoms with E-state index in [0.29, 0.717) is 0 Å². The van der Waals surface area contributed by atoms with E-state index in [9.17, 15) is 0 Å². The summed E-state index contributed by atoms with van der Waals surface area (Å²) in [5.41, 5.74) is 7.38. The van der Waals surface area contributed by atoms with Crippen LogP contribution >= 0.6 is 0 Å². The normalized spacial score (nSPS) is 10.1. The van der Waals surface area contributed by atoms with Crippen molar-refractivity contribution in [1.29, 1.82) is 0 Å². The average molecular weight is 444 g/mol. The summed E-state index contributed by atoms with van der Waals surface area (Å²) in [6.07, 6.45) is 0. The SMILES string of the molecule is [NH3+]c1ccc(O)c(O)c1O.[NH3+]c1ccc(O)c(O)c1O.[O]=[Mo](=[O])([O-])[O-]. The third-order valence-corrected chi connectivity index (χ3v) is 2.43. The minimum atomic E-state index is -6.02. The molecule has 140 valence electrons. The molecule has 0 saturated heterocycles. The van der Waals surface area contributed by atoms with Crippen LogP contribution in [0.25, 0.3) is 0 Å². The Balaban J connectivity index is 0.000000368. The molecule has 0 aliphatic heterocycles. The fourth-order valence-electron chi connectivity index (χ4n) is 1.22. The van der Waals surface area contributed by atoms with Crippen molar-refractivity contribution in [2.24, 2.45) is 0 Å². The number of hydrogen-bond acceptors (Lipinski definition) is 10. The topological polar surface area (TPSA) is 257 Å². The monoisotopic (exact) mass is 446 g/mol. The van der Waals surface area contributed by atoms with Crippen molar-refractivity contribution in [2.75, 3.05) is 0 Å². The van der Waals surface area contributed by atoms with E-state index in [1.807, 2.05) is 0 Å². The zero-order valence-corrected chi connectivity index (χ0v) is 14.5. The summed E-state index contributed by atoms with van der Waals surface area (Å²) >= 11 is -6.02. The Labute approximate surface area is 143 Å². The molecule has 2 aromatic rings. The molecule has 0 aromatic heterocycles. The van der Waals surface area contributed by atoms with E-state index in [4.69, 9.17) is 45.0 Å². The molecule has 12 N–H and O–H groups in total. The van der Waals surface area contributed by atoms with Crippen LogP contribution in [0.4, 0.5) is 11.4 Å². The molecular weight excluding hydrogens is 428 g/mol. The Bertz CT molecular complexity index is 721. The summed E-state index contributed by atoms with van der Waals surface area (Å²) in [5.74, 6) is -2.48. The quantitative estimate of drug-likeness (QED) is 0.148. The zero-order valence-electron chi connectivity index (χ0n) is 12.4. The van der Waals surface area contributed by atoms with Crippen LogP contribution in [0.15, 0.2) is 24.3 Å². The van der Waals surface area contributed by atoms with Gasteiger partial charge in [-0.2, -0.15) is 0 Å². The summed E-state index contributed by atoms with van der Waals surface area (Å²) in [4.78, 5) is 0. The number of hydrogen-bond donors (Lipinski definition) is 8. The van der Waals surface area contributed by atoms with Gasteiger partial charge in [-0.25, -0.2) is 0 Å². The first-order chi connectivity index (χ1) is 11.3. The van der Waals surface area contributed by atoms with Crippen LogP contribution in [-0.2, 0) is 23.5 Å². The molecule has 0 spiro atoms. The van der Waals surface area contributed by atoms with Crippen LogP contribution in [0.2, 0.25) is 0 Å². The van der Waals surface area contributed by atoms with E-state index < -0.39 is 28.2 Å². The summed E-state index contributed by atoms with van der Waals surface area (Å²) in [5, 5.41) is 53.1. The van der Waals surface area contributed by atoms with Gasteiger partial charge in [-0.05, 0) is 12.1 Å². The average Bonchev–Trinajstić information content (AvgIpc) is 2.50. The van der Waals surface area contributed by atoms with Gasteiger partial charge in [0.2, 0.25) is 23.0 Å². The Morgan fingerprint density at radius 1 is 0.640 bits per heavy atom. The molecule has 2 rings (SSSR count). The number of phenols is 6. The molecule has 0 radical (unpaired) electrons. The van der Waals surface area contributed by atoms with Crippen LogP contribution < -0.4 is 19.0 Å². The first-order valence-electron chi connectivity index (χ1n) is 6.04. The fraction of sp³-hybridized carbons (Fsp3) is 0. The summed E-state index contributed by atoms with van der Waals surface area (Å²) in [6, 6.07) is 5.34. The van der Waals surface area contributed by atoms with Crippen LogP contribution in [0.5, 0.6) is 34.5 Å². The predicted molar refractivity (Wildman–Crippen MR) is 69.3 cm³/mol. The standard InChI is InChI=1S/2C6H7NO3.Mo.4O/c2*7-3-1-2-4(8)6(10)5(3)9;;;;;/h2*1-2,8-10H,7H2;;;;;/q;;;;;2*-1/p+2. The second-order valence-electron chi connectivity index (χ2n) is 4.29. The van der Waals surface area contributed by atoms with E-state index in [1.165, 1.54) is 24.3 Å². The van der Waals surface area contributed by atoms with Crippen LogP contribution in [0, 0.1) is 0 Å². The minimum absolute atomic E-state index is 0.287. The summed E-state index contributed by atoms with van der Waals surface area (Å²) in [7, 11) is 0. The van der Waals surface area contributed by atoms with E-state index in [2.05, 4.69) is 11.5 Å². The Morgan fingerprint density at radius 2 is 0.880 bits per heavy atom. The van der Waals surface area contributed by atoms with Crippen molar-refractivity contribution in [3.63, 3.8) is 0 Å². The van der Waals surface area contributed by atoms with E-state index in [1.54, 1.807) is 0 Å². The second kappa shape index (κ2) is 9.01. The first kappa shape index (κ1) is 22.4. The van der Waals surface area contributed by atoms with Gasteiger partial charge in [-0.3, -0.25) is 0 Å². The molecule has 0 atom stereocenters. The maximum absolute atomic E-state index is 8.91. The second-order valence-corrected chi connectivity index (χ2v) is 6.30. The Hall–Kier alpha value is -2.63. The Kier molecular flexibility index (Phi) is 8.06. The van der Waals surface area contributed by atoms with Gasteiger partial charge in [0.1, 0.15) is 0 Å². The van der Waals surface area contributed by atoms with Gasteiger partial charge in [0.15, 0.2) is 22.9 Å². The van der Waals surface area contributed by atoms with Crippen molar-refractivity contribution in [2.45, 2.75) is 0 Å². The van der Waals surface area contributed by atoms with Gasteiger partial charge in [0.25, 0.3) is 0 Å². The van der Waals surface area contributed by atoms with Crippen LogP contribution in [0.3, 0.4) is 0 Å². The summed E-state index contributed by atoms with van der Waals surface area (Å²) in [6.45, 7) is 0. The number of phenolic OH excluding ortho intramolecular Hbond substituents is 6. The van der Waals surface area contributed by atoms with E-state index in [0.717, 1.165) is 0 Å².